The Morgan fingerprint density at radius 1 is 1.00 bits per heavy atom. The van der Waals surface area contributed by atoms with E-state index in [1.165, 1.54) is 34.5 Å². The van der Waals surface area contributed by atoms with Crippen molar-refractivity contribution < 1.29 is 14.7 Å². The van der Waals surface area contributed by atoms with Gasteiger partial charge in [-0.15, -0.1) is 11.3 Å². The Bertz CT molecular complexity index is 1090. The minimum Gasteiger partial charge on any atom is -0.477 e. The number of anilines is 1. The smallest absolute Gasteiger partial charge is 0.348 e. The third kappa shape index (κ3) is 4.72. The van der Waals surface area contributed by atoms with Crippen molar-refractivity contribution in [1.29, 1.82) is 0 Å². The van der Waals surface area contributed by atoms with E-state index >= 15 is 0 Å². The van der Waals surface area contributed by atoms with Crippen LogP contribution in [0.2, 0.25) is 0 Å². The Balaban J connectivity index is 1.54. The zero-order valence-corrected chi connectivity index (χ0v) is 20.9. The molecule has 1 atom stereocenters. The maximum Gasteiger partial charge on any atom is 0.348 e. The molecule has 0 saturated heterocycles. The number of benzene rings is 1. The molecule has 0 aliphatic heterocycles. The highest BCUT2D eigenvalue weighted by molar-refractivity contribution is 7.15. The number of carboxylic acid groups (broad SMARTS) is 1. The summed E-state index contributed by atoms with van der Waals surface area (Å²) in [7, 11) is 0. The SMILES string of the molecule is C[C@H]1CC[C@H](C(=O)N(c2cc(C3=CCCCC3)sc2C(=O)O)C2CCc3ccccc3C2)CC1. The van der Waals surface area contributed by atoms with Crippen LogP contribution in [-0.2, 0) is 17.6 Å². The standard InChI is InChI=1S/C29H35NO3S/c1-19-11-13-22(14-12-19)28(31)30(24-16-15-20-7-5-6-10-23(20)17-24)25-18-26(34-27(25)29(32)33)21-8-3-2-4-9-21/h5-8,10,18-19,22,24H,2-4,9,11-17H2,1H3,(H,32,33)/t19-,22-,24?. The van der Waals surface area contributed by atoms with Gasteiger partial charge in [0.1, 0.15) is 4.88 Å². The van der Waals surface area contributed by atoms with E-state index in [0.29, 0.717) is 16.5 Å². The van der Waals surface area contributed by atoms with E-state index in [0.717, 1.165) is 69.1 Å². The van der Waals surface area contributed by atoms with Gasteiger partial charge in [-0.25, -0.2) is 4.79 Å². The number of carboxylic acids is 1. The molecule has 1 unspecified atom stereocenters. The van der Waals surface area contributed by atoms with E-state index in [1.54, 1.807) is 0 Å². The summed E-state index contributed by atoms with van der Waals surface area (Å²) in [5.41, 5.74) is 4.52. The van der Waals surface area contributed by atoms with E-state index < -0.39 is 5.97 Å². The van der Waals surface area contributed by atoms with Crippen LogP contribution in [0.4, 0.5) is 5.69 Å². The first kappa shape index (κ1) is 23.3. The topological polar surface area (TPSA) is 57.6 Å². The molecule has 34 heavy (non-hydrogen) atoms. The van der Waals surface area contributed by atoms with Gasteiger partial charge >= 0.3 is 5.97 Å². The van der Waals surface area contributed by atoms with Crippen LogP contribution in [0.1, 0.15) is 90.4 Å². The highest BCUT2D eigenvalue weighted by Gasteiger charge is 2.37. The van der Waals surface area contributed by atoms with Gasteiger partial charge in [0.05, 0.1) is 5.69 Å². The summed E-state index contributed by atoms with van der Waals surface area (Å²) < 4.78 is 0. The molecule has 1 saturated carbocycles. The first-order valence-electron chi connectivity index (χ1n) is 13.0. The van der Waals surface area contributed by atoms with Crippen LogP contribution in [0.3, 0.4) is 0 Å². The zero-order valence-electron chi connectivity index (χ0n) is 20.1. The molecule has 1 heterocycles. The third-order valence-electron chi connectivity index (χ3n) is 8.06. The van der Waals surface area contributed by atoms with Gasteiger partial charge in [0.25, 0.3) is 0 Å². The molecular formula is C29H35NO3S. The number of allylic oxidation sites excluding steroid dienone is 2. The minimum absolute atomic E-state index is 0.00244. The Hall–Kier alpha value is -2.40. The number of amides is 1. The predicted octanol–water partition coefficient (Wildman–Crippen LogP) is 7.12. The first-order chi connectivity index (χ1) is 16.5. The molecule has 1 aromatic carbocycles. The summed E-state index contributed by atoms with van der Waals surface area (Å²) in [5.74, 6) is -0.124. The van der Waals surface area contributed by atoms with Crippen LogP contribution < -0.4 is 4.90 Å². The summed E-state index contributed by atoms with van der Waals surface area (Å²) in [6.07, 6.45) is 13.2. The van der Waals surface area contributed by atoms with Crippen molar-refractivity contribution in [2.24, 2.45) is 11.8 Å². The molecule has 1 N–H and O–H groups in total. The quantitative estimate of drug-likeness (QED) is 0.499. The van der Waals surface area contributed by atoms with E-state index in [2.05, 4.69) is 37.3 Å². The number of hydrogen-bond donors (Lipinski definition) is 1. The number of hydrogen-bond acceptors (Lipinski definition) is 3. The minimum atomic E-state index is -0.922. The molecule has 1 fully saturated rings. The predicted molar refractivity (Wildman–Crippen MR) is 139 cm³/mol. The lowest BCUT2D eigenvalue weighted by molar-refractivity contribution is -0.124. The number of rotatable bonds is 5. The molecule has 3 aliphatic carbocycles. The van der Waals surface area contributed by atoms with Gasteiger partial charge in [0.15, 0.2) is 0 Å². The highest BCUT2D eigenvalue weighted by atomic mass is 32.1. The molecule has 0 spiro atoms. The summed E-state index contributed by atoms with van der Waals surface area (Å²) in [6, 6.07) is 10.5. The van der Waals surface area contributed by atoms with Crippen molar-refractivity contribution in [2.45, 2.75) is 83.6 Å². The molecule has 1 amide bonds. The fraction of sp³-hybridized carbons (Fsp3) is 0.517. The monoisotopic (exact) mass is 477 g/mol. The van der Waals surface area contributed by atoms with Gasteiger partial charge in [-0.1, -0.05) is 37.3 Å². The van der Waals surface area contributed by atoms with E-state index in [1.807, 2.05) is 11.0 Å². The van der Waals surface area contributed by atoms with Gasteiger partial charge in [0.2, 0.25) is 5.91 Å². The van der Waals surface area contributed by atoms with Crippen LogP contribution >= 0.6 is 11.3 Å². The number of fused-ring (bicyclic) bond motifs is 1. The van der Waals surface area contributed by atoms with E-state index in [4.69, 9.17) is 0 Å². The molecule has 0 bridgehead atoms. The molecule has 1 aromatic heterocycles. The van der Waals surface area contributed by atoms with Crippen LogP contribution in [-0.4, -0.2) is 23.0 Å². The Morgan fingerprint density at radius 2 is 1.76 bits per heavy atom. The van der Waals surface area contributed by atoms with Crippen LogP contribution in [0.5, 0.6) is 0 Å². The summed E-state index contributed by atoms with van der Waals surface area (Å²) in [4.78, 5) is 29.8. The molecular weight excluding hydrogens is 442 g/mol. The zero-order chi connectivity index (χ0) is 23.7. The Morgan fingerprint density at radius 3 is 2.47 bits per heavy atom. The molecule has 2 aromatic rings. The third-order valence-corrected chi connectivity index (χ3v) is 9.25. The molecule has 5 heteroatoms. The number of aromatic carboxylic acids is 1. The molecule has 5 rings (SSSR count). The lowest BCUT2D eigenvalue weighted by Gasteiger charge is -2.38. The van der Waals surface area contributed by atoms with Crippen LogP contribution in [0.25, 0.3) is 5.57 Å². The van der Waals surface area contributed by atoms with Crippen molar-refractivity contribution >= 4 is 34.5 Å². The van der Waals surface area contributed by atoms with Crippen molar-refractivity contribution in [3.63, 3.8) is 0 Å². The Kier molecular flexibility index (Phi) is 6.91. The number of thiophene rings is 1. The van der Waals surface area contributed by atoms with Gasteiger partial charge < -0.3 is 10.0 Å². The van der Waals surface area contributed by atoms with Gasteiger partial charge in [0, 0.05) is 16.8 Å². The van der Waals surface area contributed by atoms with Crippen molar-refractivity contribution in [3.8, 4) is 0 Å². The fourth-order valence-electron chi connectivity index (χ4n) is 6.03. The fourth-order valence-corrected chi connectivity index (χ4v) is 7.09. The highest BCUT2D eigenvalue weighted by Crippen LogP contribution is 2.42. The molecule has 3 aliphatic rings. The van der Waals surface area contributed by atoms with Gasteiger partial charge in [-0.05, 0) is 99.3 Å². The summed E-state index contributed by atoms with van der Waals surface area (Å²) in [5, 5.41) is 10.2. The largest absolute Gasteiger partial charge is 0.477 e. The number of carbonyl (C=O) groups is 2. The van der Waals surface area contributed by atoms with Crippen LogP contribution in [0, 0.1) is 11.8 Å². The van der Waals surface area contributed by atoms with Crippen molar-refractivity contribution in [3.05, 3.63) is 57.3 Å². The maximum atomic E-state index is 14.1. The second-order valence-electron chi connectivity index (χ2n) is 10.4. The summed E-state index contributed by atoms with van der Waals surface area (Å²) >= 11 is 1.35. The first-order valence-corrected chi connectivity index (χ1v) is 13.8. The second-order valence-corrected chi connectivity index (χ2v) is 11.5. The average Bonchev–Trinajstić information content (AvgIpc) is 3.30. The normalized spacial score (nSPS) is 24.7. The molecule has 180 valence electrons. The number of nitrogens with zero attached hydrogens (tertiary/aromatic N) is 1. The summed E-state index contributed by atoms with van der Waals surface area (Å²) in [6.45, 7) is 2.27. The average molecular weight is 478 g/mol. The van der Waals surface area contributed by atoms with Crippen molar-refractivity contribution in [2.75, 3.05) is 4.90 Å². The Labute approximate surface area is 206 Å². The van der Waals surface area contributed by atoms with Crippen LogP contribution in [0.15, 0.2) is 36.4 Å². The van der Waals surface area contributed by atoms with Gasteiger partial charge in [-0.2, -0.15) is 0 Å². The number of aryl methyl sites for hydroxylation is 1. The molecule has 4 nitrogen and oxygen atoms in total. The molecule has 0 radical (unpaired) electrons. The lowest BCUT2D eigenvalue weighted by Crippen LogP contribution is -2.47. The van der Waals surface area contributed by atoms with Crippen molar-refractivity contribution in [1.82, 2.24) is 0 Å². The van der Waals surface area contributed by atoms with E-state index in [-0.39, 0.29) is 17.9 Å². The van der Waals surface area contributed by atoms with E-state index in [9.17, 15) is 14.7 Å². The number of carbonyl (C=O) groups excluding carboxylic acids is 1. The maximum absolute atomic E-state index is 14.1. The second kappa shape index (κ2) is 10.1. The van der Waals surface area contributed by atoms with Gasteiger partial charge in [-0.3, -0.25) is 4.79 Å². The lowest BCUT2D eigenvalue weighted by atomic mass is 9.81.